The summed E-state index contributed by atoms with van der Waals surface area (Å²) in [6, 6.07) is 0. The van der Waals surface area contributed by atoms with Gasteiger partial charge in [-0.15, -0.1) is 0 Å². The zero-order chi connectivity index (χ0) is 15.9. The highest BCUT2D eigenvalue weighted by Gasteiger charge is 2.96. The number of hydrogen-bond acceptors (Lipinski definition) is 2. The molecule has 0 aromatic heterocycles. The normalized spacial score (nSPS) is 78.2. The summed E-state index contributed by atoms with van der Waals surface area (Å²) in [5, 5.41) is 0. The molecule has 2 aliphatic heterocycles. The van der Waals surface area contributed by atoms with Crippen molar-refractivity contribution in [2.75, 3.05) is 26.4 Å². The minimum Gasteiger partial charge on any atom is -0.380 e. The van der Waals surface area contributed by atoms with Gasteiger partial charge in [0.1, 0.15) is 0 Å². The van der Waals surface area contributed by atoms with Crippen LogP contribution in [0.15, 0.2) is 0 Å². The molecular weight excluding hydrogens is 432 g/mol. The number of halogens is 2. The molecule has 4 unspecified atom stereocenters. The summed E-state index contributed by atoms with van der Waals surface area (Å²) in [6.45, 7) is 4.17. The van der Waals surface area contributed by atoms with Gasteiger partial charge in [0.2, 0.25) is 0 Å². The van der Waals surface area contributed by atoms with Crippen LogP contribution in [0.4, 0.5) is 0 Å². The van der Waals surface area contributed by atoms with Crippen LogP contribution in [0.1, 0.15) is 51.4 Å². The molecule has 2 nitrogen and oxygen atoms in total. The van der Waals surface area contributed by atoms with Crippen molar-refractivity contribution in [3.63, 3.8) is 0 Å². The fraction of sp³-hybridized carbons (Fsp3) is 1.00. The molecule has 8 bridgehead atoms. The molecule has 24 heavy (non-hydrogen) atoms. The molecule has 10 rings (SSSR count). The smallest absolute Gasteiger partial charge is 0.0529 e. The number of ether oxygens (including phenoxy) is 2. The van der Waals surface area contributed by atoms with E-state index in [1.54, 1.807) is 0 Å². The van der Waals surface area contributed by atoms with Crippen molar-refractivity contribution in [1.82, 2.24) is 0 Å². The number of rotatable bonds is 0. The molecule has 0 aromatic carbocycles. The molecule has 130 valence electrons. The Kier molecular flexibility index (Phi) is 1.84. The van der Waals surface area contributed by atoms with Gasteiger partial charge in [0.15, 0.2) is 0 Å². The van der Waals surface area contributed by atoms with Gasteiger partial charge in [-0.05, 0) is 62.2 Å². The standard InChI is InChI=1S/C20H24Br2O2/c21-19-7-15-3-18(4-16(15,8-19)12-24-11-15)17(19)1-13-5-20(18,22)6-14(13,2-17)10-23-9-13/h1-12H2. The summed E-state index contributed by atoms with van der Waals surface area (Å²) in [7, 11) is 0. The first-order valence-electron chi connectivity index (χ1n) is 9.85. The van der Waals surface area contributed by atoms with Gasteiger partial charge >= 0.3 is 0 Å². The summed E-state index contributed by atoms with van der Waals surface area (Å²) in [6.07, 6.45) is 11.3. The van der Waals surface area contributed by atoms with E-state index < -0.39 is 0 Å². The Morgan fingerprint density at radius 1 is 0.458 bits per heavy atom. The molecule has 2 saturated heterocycles. The topological polar surface area (TPSA) is 18.5 Å². The molecule has 4 atom stereocenters. The summed E-state index contributed by atoms with van der Waals surface area (Å²) in [4.78, 5) is 0. The van der Waals surface area contributed by atoms with Crippen molar-refractivity contribution in [3.8, 4) is 0 Å². The van der Waals surface area contributed by atoms with E-state index in [0.29, 0.717) is 41.1 Å². The van der Waals surface area contributed by atoms with E-state index in [-0.39, 0.29) is 0 Å². The van der Waals surface area contributed by atoms with Gasteiger partial charge in [0.25, 0.3) is 0 Å². The highest BCUT2D eigenvalue weighted by molar-refractivity contribution is 9.10. The average molecular weight is 456 g/mol. The SMILES string of the molecule is BrC12CC34COCC3(C1)CC1(C4)C3(Br)CC45COCC4(C3)CC21C5. The Labute approximate surface area is 160 Å². The van der Waals surface area contributed by atoms with E-state index in [1.807, 2.05) is 0 Å². The minimum atomic E-state index is 0.379. The predicted molar refractivity (Wildman–Crippen MR) is 96.5 cm³/mol. The lowest BCUT2D eigenvalue weighted by atomic mass is 9.40. The summed E-state index contributed by atoms with van der Waals surface area (Å²) >= 11 is 8.98. The Balaban J connectivity index is 1.46. The molecule has 0 N–H and O–H groups in total. The Morgan fingerprint density at radius 2 is 0.750 bits per heavy atom. The first kappa shape index (κ1) is 14.0. The fourth-order valence-corrected chi connectivity index (χ4v) is 14.7. The second-order valence-electron chi connectivity index (χ2n) is 11.6. The van der Waals surface area contributed by atoms with Crippen LogP contribution >= 0.6 is 31.9 Å². The minimum absolute atomic E-state index is 0.379. The van der Waals surface area contributed by atoms with Gasteiger partial charge in [0, 0.05) is 30.3 Å². The van der Waals surface area contributed by atoms with Crippen molar-refractivity contribution in [2.24, 2.45) is 32.5 Å². The Bertz CT molecular complexity index is 644. The van der Waals surface area contributed by atoms with Crippen molar-refractivity contribution in [2.45, 2.75) is 60.0 Å². The van der Waals surface area contributed by atoms with E-state index in [0.717, 1.165) is 26.4 Å². The van der Waals surface area contributed by atoms with Gasteiger partial charge in [-0.2, -0.15) is 0 Å². The zero-order valence-electron chi connectivity index (χ0n) is 14.1. The van der Waals surface area contributed by atoms with E-state index in [2.05, 4.69) is 31.9 Å². The second kappa shape index (κ2) is 3.16. The van der Waals surface area contributed by atoms with Crippen molar-refractivity contribution in [1.29, 1.82) is 0 Å². The van der Waals surface area contributed by atoms with E-state index in [4.69, 9.17) is 9.47 Å². The predicted octanol–water partition coefficient (Wildman–Crippen LogP) is 4.44. The molecular formula is C20H24Br2O2. The van der Waals surface area contributed by atoms with Crippen LogP contribution in [0.3, 0.4) is 0 Å². The first-order valence-corrected chi connectivity index (χ1v) is 11.4. The molecule has 4 heteroatoms. The highest BCUT2D eigenvalue weighted by atomic mass is 79.9. The summed E-state index contributed by atoms with van der Waals surface area (Å²) in [5.74, 6) is 0. The van der Waals surface area contributed by atoms with Gasteiger partial charge in [0.05, 0.1) is 26.4 Å². The maximum atomic E-state index is 6.12. The lowest BCUT2D eigenvalue weighted by molar-refractivity contribution is -0.148. The van der Waals surface area contributed by atoms with Crippen LogP contribution in [0.5, 0.6) is 0 Å². The molecule has 0 amide bonds. The second-order valence-corrected chi connectivity index (χ2v) is 14.7. The molecule has 6 spiro atoms. The van der Waals surface area contributed by atoms with Crippen LogP contribution in [-0.2, 0) is 9.47 Å². The molecule has 0 radical (unpaired) electrons. The van der Waals surface area contributed by atoms with Crippen LogP contribution in [0, 0.1) is 32.5 Å². The molecule has 2 heterocycles. The third-order valence-electron chi connectivity index (χ3n) is 11.4. The number of alkyl halides is 2. The maximum Gasteiger partial charge on any atom is 0.0529 e. The highest BCUT2D eigenvalue weighted by Crippen LogP contribution is 2.99. The van der Waals surface area contributed by atoms with Crippen LogP contribution < -0.4 is 0 Å². The average Bonchev–Trinajstić information content (AvgIpc) is 3.10. The maximum absolute atomic E-state index is 6.12. The van der Waals surface area contributed by atoms with Gasteiger partial charge in [-0.3, -0.25) is 0 Å². The van der Waals surface area contributed by atoms with E-state index in [1.165, 1.54) is 51.4 Å². The third-order valence-corrected chi connectivity index (χ3v) is 14.1. The fourth-order valence-electron chi connectivity index (χ4n) is 11.2. The Morgan fingerprint density at radius 3 is 1.04 bits per heavy atom. The molecule has 8 saturated carbocycles. The van der Waals surface area contributed by atoms with Gasteiger partial charge < -0.3 is 9.47 Å². The van der Waals surface area contributed by atoms with Gasteiger partial charge in [-0.25, -0.2) is 0 Å². The quantitative estimate of drug-likeness (QED) is 0.503. The first-order chi connectivity index (χ1) is 11.3. The molecule has 0 aromatic rings. The van der Waals surface area contributed by atoms with Crippen molar-refractivity contribution < 1.29 is 9.47 Å². The third kappa shape index (κ3) is 0.907. The lowest BCUT2D eigenvalue weighted by Gasteiger charge is -2.70. The monoisotopic (exact) mass is 454 g/mol. The lowest BCUT2D eigenvalue weighted by Crippen LogP contribution is -2.69. The van der Waals surface area contributed by atoms with Crippen LogP contribution in [0.2, 0.25) is 0 Å². The molecule has 10 fully saturated rings. The van der Waals surface area contributed by atoms with E-state index >= 15 is 0 Å². The summed E-state index contributed by atoms with van der Waals surface area (Å²) < 4.78 is 13.0. The number of hydrogen-bond donors (Lipinski definition) is 0. The van der Waals surface area contributed by atoms with Crippen LogP contribution in [-0.4, -0.2) is 35.1 Å². The van der Waals surface area contributed by atoms with E-state index in [9.17, 15) is 0 Å². The largest absolute Gasteiger partial charge is 0.380 e. The molecule has 8 aliphatic carbocycles. The summed E-state index contributed by atoms with van der Waals surface area (Å²) in [5.41, 5.74) is 3.00. The van der Waals surface area contributed by atoms with Crippen molar-refractivity contribution >= 4 is 31.9 Å². The zero-order valence-corrected chi connectivity index (χ0v) is 17.2. The van der Waals surface area contributed by atoms with Crippen molar-refractivity contribution in [3.05, 3.63) is 0 Å². The van der Waals surface area contributed by atoms with Crippen LogP contribution in [0.25, 0.3) is 0 Å². The Hall–Kier alpha value is 0.880. The van der Waals surface area contributed by atoms with Gasteiger partial charge in [-0.1, -0.05) is 31.9 Å². The molecule has 10 aliphatic rings.